The molecule has 1 fully saturated rings. The number of hydrogen-bond donors (Lipinski definition) is 1. The van der Waals surface area contributed by atoms with Crippen molar-refractivity contribution in [2.24, 2.45) is 5.92 Å². The van der Waals surface area contributed by atoms with Crippen molar-refractivity contribution >= 4 is 32.6 Å². The number of rotatable bonds is 5. The van der Waals surface area contributed by atoms with Crippen molar-refractivity contribution < 1.29 is 9.18 Å². The van der Waals surface area contributed by atoms with Crippen LogP contribution in [0.4, 0.5) is 9.52 Å². The average Bonchev–Trinajstić information content (AvgIpc) is 3.12. The molecule has 0 radical (unpaired) electrons. The van der Waals surface area contributed by atoms with E-state index in [1.165, 1.54) is 23.5 Å². The lowest BCUT2D eigenvalue weighted by atomic mass is 10.0. The Balaban J connectivity index is 1.28. The first-order valence-electron chi connectivity index (χ1n) is 8.16. The van der Waals surface area contributed by atoms with Crippen molar-refractivity contribution in [3.63, 3.8) is 0 Å². The number of thiazole rings is 1. The van der Waals surface area contributed by atoms with E-state index in [0.717, 1.165) is 27.7 Å². The first-order valence-corrected chi connectivity index (χ1v) is 8.98. The number of aryl methyl sites for hydroxylation is 1. The molecule has 1 aliphatic rings. The van der Waals surface area contributed by atoms with E-state index in [9.17, 15) is 9.18 Å². The van der Waals surface area contributed by atoms with Gasteiger partial charge in [0.25, 0.3) is 0 Å². The summed E-state index contributed by atoms with van der Waals surface area (Å²) in [5, 5.41) is 3.82. The number of aromatic nitrogens is 3. The van der Waals surface area contributed by atoms with Crippen LogP contribution in [-0.2, 0) is 11.3 Å². The molecule has 0 spiro atoms. The van der Waals surface area contributed by atoms with Crippen molar-refractivity contribution in [3.05, 3.63) is 42.2 Å². The Morgan fingerprint density at radius 2 is 2.28 bits per heavy atom. The van der Waals surface area contributed by atoms with Crippen LogP contribution in [0.25, 0.3) is 10.2 Å². The van der Waals surface area contributed by atoms with Crippen LogP contribution in [0.3, 0.4) is 0 Å². The zero-order valence-corrected chi connectivity index (χ0v) is 14.6. The van der Waals surface area contributed by atoms with Gasteiger partial charge < -0.3 is 14.8 Å². The quantitative estimate of drug-likeness (QED) is 0.759. The highest BCUT2D eigenvalue weighted by Crippen LogP contribution is 2.33. The van der Waals surface area contributed by atoms with E-state index in [4.69, 9.17) is 0 Å². The van der Waals surface area contributed by atoms with Crippen LogP contribution in [0.15, 0.2) is 30.6 Å². The molecule has 0 unspecified atom stereocenters. The topological polar surface area (TPSA) is 63.1 Å². The Morgan fingerprint density at radius 3 is 3.04 bits per heavy atom. The number of carbonyl (C=O) groups is 1. The first-order chi connectivity index (χ1) is 12.1. The van der Waals surface area contributed by atoms with E-state index in [1.54, 1.807) is 12.3 Å². The number of imidazole rings is 1. The van der Waals surface area contributed by atoms with Crippen LogP contribution in [0, 0.1) is 18.7 Å². The molecule has 6 nitrogen and oxygen atoms in total. The van der Waals surface area contributed by atoms with E-state index in [1.807, 2.05) is 17.7 Å². The molecule has 3 aromatic rings. The van der Waals surface area contributed by atoms with Crippen molar-refractivity contribution in [2.75, 3.05) is 24.5 Å². The van der Waals surface area contributed by atoms with Crippen LogP contribution < -0.4 is 10.2 Å². The summed E-state index contributed by atoms with van der Waals surface area (Å²) in [7, 11) is 0. The summed E-state index contributed by atoms with van der Waals surface area (Å²) in [4.78, 5) is 22.9. The largest absolute Gasteiger partial charge is 0.354 e. The Kier molecular flexibility index (Phi) is 4.12. The average molecular weight is 359 g/mol. The molecule has 1 N–H and O–H groups in total. The summed E-state index contributed by atoms with van der Waals surface area (Å²) in [5.41, 5.74) is 0.796. The maximum atomic E-state index is 13.3. The van der Waals surface area contributed by atoms with Crippen molar-refractivity contribution in [2.45, 2.75) is 13.5 Å². The fourth-order valence-electron chi connectivity index (χ4n) is 2.91. The highest BCUT2D eigenvalue weighted by Gasteiger charge is 2.34. The van der Waals surface area contributed by atoms with Gasteiger partial charge in [0.05, 0.1) is 16.1 Å². The van der Waals surface area contributed by atoms with Crippen LogP contribution in [0.1, 0.15) is 5.82 Å². The number of halogens is 1. The molecule has 8 heteroatoms. The van der Waals surface area contributed by atoms with Crippen LogP contribution in [0.5, 0.6) is 0 Å². The number of fused-ring (bicyclic) bond motifs is 1. The van der Waals surface area contributed by atoms with Crippen LogP contribution >= 0.6 is 11.3 Å². The molecule has 1 aliphatic heterocycles. The Bertz CT molecular complexity index is 915. The smallest absolute Gasteiger partial charge is 0.226 e. The lowest BCUT2D eigenvalue weighted by molar-refractivity contribution is -0.125. The monoisotopic (exact) mass is 359 g/mol. The SMILES string of the molecule is Cc1nccn1CCNC(=O)C1CN(c2nc3ccc(F)cc3s2)C1. The third-order valence-corrected chi connectivity index (χ3v) is 5.52. The van der Waals surface area contributed by atoms with Gasteiger partial charge in [-0.1, -0.05) is 11.3 Å². The number of anilines is 1. The molecule has 0 aliphatic carbocycles. The number of carbonyl (C=O) groups excluding carboxylic acids is 1. The second-order valence-electron chi connectivity index (χ2n) is 6.17. The van der Waals surface area contributed by atoms with Crippen molar-refractivity contribution in [3.8, 4) is 0 Å². The van der Waals surface area contributed by atoms with Gasteiger partial charge in [-0.3, -0.25) is 4.79 Å². The zero-order chi connectivity index (χ0) is 17.4. The molecule has 2 aromatic heterocycles. The second-order valence-corrected chi connectivity index (χ2v) is 7.18. The summed E-state index contributed by atoms with van der Waals surface area (Å²) in [6.45, 7) is 4.55. The van der Waals surface area contributed by atoms with Gasteiger partial charge in [0.15, 0.2) is 5.13 Å². The summed E-state index contributed by atoms with van der Waals surface area (Å²) in [6, 6.07) is 4.60. The van der Waals surface area contributed by atoms with Gasteiger partial charge in [0, 0.05) is 38.6 Å². The molecule has 1 amide bonds. The van der Waals surface area contributed by atoms with Gasteiger partial charge in [-0.05, 0) is 25.1 Å². The molecule has 1 saturated heterocycles. The predicted octanol–water partition coefficient (Wildman–Crippen LogP) is 2.19. The van der Waals surface area contributed by atoms with E-state index in [0.29, 0.717) is 19.6 Å². The minimum Gasteiger partial charge on any atom is -0.354 e. The molecule has 25 heavy (non-hydrogen) atoms. The fourth-order valence-corrected chi connectivity index (χ4v) is 3.91. The van der Waals surface area contributed by atoms with Crippen LogP contribution in [-0.4, -0.2) is 40.1 Å². The predicted molar refractivity (Wildman–Crippen MR) is 95.3 cm³/mol. The van der Waals surface area contributed by atoms with Crippen molar-refractivity contribution in [1.29, 1.82) is 0 Å². The molecule has 3 heterocycles. The van der Waals surface area contributed by atoms with E-state index < -0.39 is 0 Å². The molecular weight excluding hydrogens is 341 g/mol. The number of amides is 1. The van der Waals surface area contributed by atoms with E-state index >= 15 is 0 Å². The highest BCUT2D eigenvalue weighted by atomic mass is 32.1. The molecule has 4 rings (SSSR count). The fraction of sp³-hybridized carbons (Fsp3) is 0.353. The molecule has 130 valence electrons. The van der Waals surface area contributed by atoms with Gasteiger partial charge in [0.2, 0.25) is 5.91 Å². The molecule has 0 atom stereocenters. The lowest BCUT2D eigenvalue weighted by Crippen LogP contribution is -2.54. The number of benzene rings is 1. The van der Waals surface area contributed by atoms with Gasteiger partial charge in [-0.15, -0.1) is 0 Å². The minimum atomic E-state index is -0.253. The van der Waals surface area contributed by atoms with Gasteiger partial charge in [0.1, 0.15) is 11.6 Å². The standard InChI is InChI=1S/C17H18FN5OS/c1-11-19-4-6-22(11)7-5-20-16(24)12-9-23(10-12)17-21-14-3-2-13(18)8-15(14)25-17/h2-4,6,8,12H,5,7,9-10H2,1H3,(H,20,24). The summed E-state index contributed by atoms with van der Waals surface area (Å²) >= 11 is 1.46. The molecule has 0 saturated carbocycles. The number of nitrogens with one attached hydrogen (secondary N) is 1. The summed E-state index contributed by atoms with van der Waals surface area (Å²) in [6.07, 6.45) is 3.66. The maximum absolute atomic E-state index is 13.3. The second kappa shape index (κ2) is 6.44. The summed E-state index contributed by atoms with van der Waals surface area (Å²) < 4.78 is 16.1. The van der Waals surface area contributed by atoms with Crippen molar-refractivity contribution in [1.82, 2.24) is 19.9 Å². The minimum absolute atomic E-state index is 0.0207. The van der Waals surface area contributed by atoms with Gasteiger partial charge >= 0.3 is 0 Å². The number of nitrogens with zero attached hydrogens (tertiary/aromatic N) is 4. The Morgan fingerprint density at radius 1 is 1.44 bits per heavy atom. The highest BCUT2D eigenvalue weighted by molar-refractivity contribution is 7.22. The Labute approximate surface area is 148 Å². The third kappa shape index (κ3) is 3.21. The Hall–Kier alpha value is -2.48. The van der Waals surface area contributed by atoms with E-state index in [-0.39, 0.29) is 17.6 Å². The van der Waals surface area contributed by atoms with Gasteiger partial charge in [-0.25, -0.2) is 14.4 Å². The number of hydrogen-bond acceptors (Lipinski definition) is 5. The van der Waals surface area contributed by atoms with E-state index in [2.05, 4.69) is 20.2 Å². The lowest BCUT2D eigenvalue weighted by Gasteiger charge is -2.37. The van der Waals surface area contributed by atoms with Crippen LogP contribution in [0.2, 0.25) is 0 Å². The zero-order valence-electron chi connectivity index (χ0n) is 13.8. The normalized spacial score (nSPS) is 14.7. The first kappa shape index (κ1) is 16.0. The molecule has 0 bridgehead atoms. The molecule has 1 aromatic carbocycles. The van der Waals surface area contributed by atoms with Gasteiger partial charge in [-0.2, -0.15) is 0 Å². The maximum Gasteiger partial charge on any atom is 0.226 e. The third-order valence-electron chi connectivity index (χ3n) is 4.44. The summed E-state index contributed by atoms with van der Waals surface area (Å²) in [5.74, 6) is 0.738. The molecular formula is C17H18FN5OS.